The molecule has 5 nitrogen and oxygen atoms in total. The van der Waals surface area contributed by atoms with Crippen LogP contribution in [0.15, 0.2) is 35.8 Å². The Bertz CT molecular complexity index is 615. The molecule has 0 radical (unpaired) electrons. The molecule has 3 rings (SSSR count). The highest BCUT2D eigenvalue weighted by Crippen LogP contribution is 2.32. The highest BCUT2D eigenvalue weighted by atomic mass is 32.1. The maximum absolute atomic E-state index is 11.4. The molecule has 0 saturated carbocycles. The number of piperidine rings is 1. The number of benzene rings is 1. The molecule has 2 heterocycles. The van der Waals surface area contributed by atoms with Gasteiger partial charge < -0.3 is 15.3 Å². The van der Waals surface area contributed by atoms with Crippen LogP contribution in [0.5, 0.6) is 0 Å². The lowest BCUT2D eigenvalue weighted by atomic mass is 9.95. The predicted molar refractivity (Wildman–Crippen MR) is 83.2 cm³/mol. The third kappa shape index (κ3) is 3.16. The van der Waals surface area contributed by atoms with Gasteiger partial charge in [-0.1, -0.05) is 12.1 Å². The summed E-state index contributed by atoms with van der Waals surface area (Å²) in [5.41, 5.74) is 1.98. The monoisotopic (exact) mass is 303 g/mol. The van der Waals surface area contributed by atoms with Crippen molar-refractivity contribution in [2.75, 3.05) is 11.9 Å². The number of rotatable bonds is 3. The molecule has 2 N–H and O–H groups in total. The normalized spacial score (nSPS) is 18.5. The third-order valence-corrected chi connectivity index (χ3v) is 4.39. The molecule has 1 aliphatic heterocycles. The molecule has 1 saturated heterocycles. The maximum Gasteiger partial charge on any atom is 0.407 e. The molecule has 0 bridgehead atoms. The van der Waals surface area contributed by atoms with E-state index in [4.69, 9.17) is 0 Å². The number of hydrogen-bond acceptors (Lipinski definition) is 4. The van der Waals surface area contributed by atoms with Crippen LogP contribution >= 0.6 is 11.3 Å². The van der Waals surface area contributed by atoms with Gasteiger partial charge in [-0.15, -0.1) is 11.3 Å². The van der Waals surface area contributed by atoms with Gasteiger partial charge in [0.1, 0.15) is 0 Å². The Balaban J connectivity index is 1.82. The first kappa shape index (κ1) is 13.9. The zero-order chi connectivity index (χ0) is 14.7. The van der Waals surface area contributed by atoms with Crippen LogP contribution in [-0.4, -0.2) is 27.6 Å². The predicted octanol–water partition coefficient (Wildman–Crippen LogP) is 4.09. The Labute approximate surface area is 127 Å². The van der Waals surface area contributed by atoms with Gasteiger partial charge in [0.05, 0.1) is 6.04 Å². The highest BCUT2D eigenvalue weighted by molar-refractivity contribution is 7.13. The summed E-state index contributed by atoms with van der Waals surface area (Å²) in [5.74, 6) is 0. The minimum absolute atomic E-state index is 0.0469. The van der Waals surface area contributed by atoms with Gasteiger partial charge in [-0.3, -0.25) is 0 Å². The van der Waals surface area contributed by atoms with Crippen molar-refractivity contribution in [2.24, 2.45) is 0 Å². The average molecular weight is 303 g/mol. The molecule has 0 spiro atoms. The van der Waals surface area contributed by atoms with E-state index in [9.17, 15) is 9.90 Å². The molecule has 1 aromatic heterocycles. The largest absolute Gasteiger partial charge is 0.465 e. The molecule has 2 aromatic rings. The smallest absolute Gasteiger partial charge is 0.407 e. The lowest BCUT2D eigenvalue weighted by molar-refractivity contribution is 0.107. The summed E-state index contributed by atoms with van der Waals surface area (Å²) in [5, 5.41) is 15.4. The van der Waals surface area contributed by atoms with Crippen molar-refractivity contribution in [2.45, 2.75) is 25.3 Å². The number of amides is 1. The second-order valence-electron chi connectivity index (χ2n) is 5.08. The fraction of sp³-hybridized carbons (Fsp3) is 0.333. The number of anilines is 2. The highest BCUT2D eigenvalue weighted by Gasteiger charge is 2.27. The molecule has 1 aromatic carbocycles. The summed E-state index contributed by atoms with van der Waals surface area (Å²) in [4.78, 5) is 17.1. The van der Waals surface area contributed by atoms with Crippen LogP contribution in [0.4, 0.5) is 15.6 Å². The Morgan fingerprint density at radius 3 is 3.10 bits per heavy atom. The fourth-order valence-corrected chi connectivity index (χ4v) is 3.29. The van der Waals surface area contributed by atoms with E-state index in [0.29, 0.717) is 6.54 Å². The van der Waals surface area contributed by atoms with Crippen LogP contribution in [0.3, 0.4) is 0 Å². The average Bonchev–Trinajstić information content (AvgIpc) is 3.00. The number of aromatic nitrogens is 1. The zero-order valence-electron chi connectivity index (χ0n) is 11.5. The van der Waals surface area contributed by atoms with E-state index in [1.165, 1.54) is 11.3 Å². The van der Waals surface area contributed by atoms with Gasteiger partial charge >= 0.3 is 6.09 Å². The molecule has 1 amide bonds. The maximum atomic E-state index is 11.4. The quantitative estimate of drug-likeness (QED) is 0.896. The van der Waals surface area contributed by atoms with E-state index >= 15 is 0 Å². The molecular formula is C15H17N3O2S. The van der Waals surface area contributed by atoms with Crippen LogP contribution in [0.25, 0.3) is 0 Å². The van der Waals surface area contributed by atoms with E-state index in [1.807, 2.05) is 29.6 Å². The van der Waals surface area contributed by atoms with Gasteiger partial charge in [0.2, 0.25) is 0 Å². The van der Waals surface area contributed by atoms with E-state index in [1.54, 1.807) is 11.1 Å². The number of nitrogens with one attached hydrogen (secondary N) is 1. The lowest BCUT2D eigenvalue weighted by Gasteiger charge is -2.34. The second-order valence-corrected chi connectivity index (χ2v) is 5.97. The molecular weight excluding hydrogens is 286 g/mol. The molecule has 110 valence electrons. The summed E-state index contributed by atoms with van der Waals surface area (Å²) in [6.45, 7) is 0.615. The Hall–Kier alpha value is -2.08. The van der Waals surface area contributed by atoms with Crippen molar-refractivity contribution in [3.63, 3.8) is 0 Å². The second kappa shape index (κ2) is 6.13. The van der Waals surface area contributed by atoms with Crippen molar-refractivity contribution in [1.82, 2.24) is 9.88 Å². The summed E-state index contributed by atoms with van der Waals surface area (Å²) in [7, 11) is 0. The third-order valence-electron chi connectivity index (χ3n) is 3.70. The summed E-state index contributed by atoms with van der Waals surface area (Å²) in [6, 6.07) is 7.90. The number of nitrogens with zero attached hydrogens (tertiary/aromatic N) is 2. The molecule has 1 aliphatic rings. The van der Waals surface area contributed by atoms with Gasteiger partial charge in [-0.25, -0.2) is 9.78 Å². The number of likely N-dealkylation sites (tertiary alicyclic amines) is 1. The minimum atomic E-state index is -0.835. The Morgan fingerprint density at radius 2 is 2.33 bits per heavy atom. The van der Waals surface area contributed by atoms with Crippen LogP contribution in [-0.2, 0) is 0 Å². The standard InChI is InChI=1S/C15H17N3O2S/c19-15(20)18-8-2-1-6-13(18)11-4-3-5-12(10-11)17-14-16-7-9-21-14/h3-5,7,9-10,13H,1-2,6,8H2,(H,16,17)(H,19,20). The van der Waals surface area contributed by atoms with Crippen molar-refractivity contribution in [1.29, 1.82) is 0 Å². The van der Waals surface area contributed by atoms with Crippen molar-refractivity contribution in [3.8, 4) is 0 Å². The molecule has 1 atom stereocenters. The Morgan fingerprint density at radius 1 is 1.43 bits per heavy atom. The summed E-state index contributed by atoms with van der Waals surface area (Å²) in [6.07, 6.45) is 3.81. The number of carboxylic acid groups (broad SMARTS) is 1. The minimum Gasteiger partial charge on any atom is -0.465 e. The van der Waals surface area contributed by atoms with Gasteiger partial charge in [0.25, 0.3) is 0 Å². The first-order valence-electron chi connectivity index (χ1n) is 7.00. The molecule has 6 heteroatoms. The molecule has 0 aliphatic carbocycles. The van der Waals surface area contributed by atoms with Gasteiger partial charge in [-0.05, 0) is 37.0 Å². The molecule has 1 fully saturated rings. The van der Waals surface area contributed by atoms with Crippen LogP contribution in [0.2, 0.25) is 0 Å². The Kier molecular flexibility index (Phi) is 4.06. The first-order chi connectivity index (χ1) is 10.2. The van der Waals surface area contributed by atoms with E-state index in [2.05, 4.69) is 10.3 Å². The van der Waals surface area contributed by atoms with Gasteiger partial charge in [0.15, 0.2) is 5.13 Å². The number of carbonyl (C=O) groups is 1. The van der Waals surface area contributed by atoms with E-state index < -0.39 is 6.09 Å². The van der Waals surface area contributed by atoms with Gasteiger partial charge in [-0.2, -0.15) is 0 Å². The fourth-order valence-electron chi connectivity index (χ4n) is 2.74. The summed E-state index contributed by atoms with van der Waals surface area (Å²) < 4.78 is 0. The number of thiazole rings is 1. The zero-order valence-corrected chi connectivity index (χ0v) is 12.3. The van der Waals surface area contributed by atoms with Crippen LogP contribution < -0.4 is 5.32 Å². The van der Waals surface area contributed by atoms with E-state index in [-0.39, 0.29) is 6.04 Å². The van der Waals surface area contributed by atoms with Gasteiger partial charge in [0, 0.05) is 23.8 Å². The van der Waals surface area contributed by atoms with Crippen LogP contribution in [0, 0.1) is 0 Å². The SMILES string of the molecule is O=C(O)N1CCCCC1c1cccc(Nc2nccs2)c1. The van der Waals surface area contributed by atoms with Crippen molar-refractivity contribution in [3.05, 3.63) is 41.4 Å². The topological polar surface area (TPSA) is 65.5 Å². The lowest BCUT2D eigenvalue weighted by Crippen LogP contribution is -2.37. The van der Waals surface area contributed by atoms with Crippen molar-refractivity contribution < 1.29 is 9.90 Å². The van der Waals surface area contributed by atoms with Crippen LogP contribution in [0.1, 0.15) is 30.9 Å². The molecule has 21 heavy (non-hydrogen) atoms. The van der Waals surface area contributed by atoms with E-state index in [0.717, 1.165) is 35.6 Å². The van der Waals surface area contributed by atoms with Crippen molar-refractivity contribution >= 4 is 28.2 Å². The number of hydrogen-bond donors (Lipinski definition) is 2. The molecule has 1 unspecified atom stereocenters. The summed E-state index contributed by atoms with van der Waals surface area (Å²) >= 11 is 1.54. The first-order valence-corrected chi connectivity index (χ1v) is 7.88.